The van der Waals surface area contributed by atoms with E-state index >= 15 is 0 Å². The van der Waals surface area contributed by atoms with Crippen molar-refractivity contribution < 1.29 is 4.74 Å². The van der Waals surface area contributed by atoms with Gasteiger partial charge in [-0.2, -0.15) is 0 Å². The molecule has 6 nitrogen and oxygen atoms in total. The van der Waals surface area contributed by atoms with Crippen LogP contribution in [0, 0.1) is 0 Å². The van der Waals surface area contributed by atoms with Crippen molar-refractivity contribution in [1.29, 1.82) is 0 Å². The summed E-state index contributed by atoms with van der Waals surface area (Å²) in [6.45, 7) is 4.38. The van der Waals surface area contributed by atoms with Crippen LogP contribution in [0.4, 0.5) is 0 Å². The SMILES string of the molecule is CN1CC=C(c2c(=O)n(N3CCOCC3)cc3c(Cl)ccnc23)CC1. The molecule has 2 aliphatic heterocycles. The Hall–Kier alpha value is -1.89. The zero-order valence-corrected chi connectivity index (χ0v) is 15.0. The molecule has 7 heteroatoms. The molecule has 0 aromatic carbocycles. The highest BCUT2D eigenvalue weighted by atomic mass is 35.5. The zero-order valence-electron chi connectivity index (χ0n) is 14.2. The molecule has 0 radical (unpaired) electrons. The number of nitrogens with zero attached hydrogens (tertiary/aromatic N) is 4. The predicted octanol–water partition coefficient (Wildman–Crippen LogP) is 1.74. The lowest BCUT2D eigenvalue weighted by molar-refractivity contribution is 0.110. The fraction of sp³-hybridized carbons (Fsp3) is 0.444. The number of halogens is 1. The monoisotopic (exact) mass is 360 g/mol. The van der Waals surface area contributed by atoms with Gasteiger partial charge in [-0.05, 0) is 25.1 Å². The molecule has 4 rings (SSSR count). The van der Waals surface area contributed by atoms with Crippen LogP contribution in [0.25, 0.3) is 16.5 Å². The Morgan fingerprint density at radius 1 is 1.24 bits per heavy atom. The fourth-order valence-corrected chi connectivity index (χ4v) is 3.63. The summed E-state index contributed by atoms with van der Waals surface area (Å²) in [5, 5.41) is 3.44. The zero-order chi connectivity index (χ0) is 17.4. The quantitative estimate of drug-likeness (QED) is 0.816. The highest BCUT2D eigenvalue weighted by molar-refractivity contribution is 6.35. The van der Waals surface area contributed by atoms with E-state index in [0.717, 1.165) is 30.5 Å². The maximum Gasteiger partial charge on any atom is 0.278 e. The van der Waals surface area contributed by atoms with Gasteiger partial charge in [0.05, 0.1) is 42.4 Å². The lowest BCUT2D eigenvalue weighted by atomic mass is 9.98. The van der Waals surface area contributed by atoms with Gasteiger partial charge in [-0.25, -0.2) is 4.68 Å². The third-order valence-electron chi connectivity index (χ3n) is 4.87. The summed E-state index contributed by atoms with van der Waals surface area (Å²) in [7, 11) is 2.08. The van der Waals surface area contributed by atoms with E-state index in [2.05, 4.69) is 23.0 Å². The van der Waals surface area contributed by atoms with Crippen LogP contribution >= 0.6 is 11.6 Å². The molecular formula is C18H21ClN4O2. The minimum atomic E-state index is -0.0278. The van der Waals surface area contributed by atoms with E-state index in [1.807, 2.05) is 11.2 Å². The Bertz CT molecular complexity index is 887. The molecule has 4 heterocycles. The van der Waals surface area contributed by atoms with E-state index in [4.69, 9.17) is 16.3 Å². The molecule has 2 aliphatic rings. The van der Waals surface area contributed by atoms with Gasteiger partial charge in [-0.1, -0.05) is 17.7 Å². The van der Waals surface area contributed by atoms with Crippen LogP contribution in [0.15, 0.2) is 29.3 Å². The lowest BCUT2D eigenvalue weighted by Crippen LogP contribution is -2.49. The van der Waals surface area contributed by atoms with Crippen LogP contribution in [-0.2, 0) is 4.74 Å². The minimum Gasteiger partial charge on any atom is -0.378 e. The van der Waals surface area contributed by atoms with Crippen LogP contribution < -0.4 is 10.6 Å². The van der Waals surface area contributed by atoms with E-state index in [1.54, 1.807) is 16.9 Å². The van der Waals surface area contributed by atoms with Crippen molar-refractivity contribution >= 4 is 28.1 Å². The first kappa shape index (κ1) is 16.6. The standard InChI is InChI=1S/C18H21ClN4O2/c1-21-6-3-13(4-7-21)16-17-14(15(19)2-5-20-17)12-23(18(16)24)22-8-10-25-11-9-22/h2-3,5,12H,4,6-11H2,1H3. The molecular weight excluding hydrogens is 340 g/mol. The average Bonchev–Trinajstić information content (AvgIpc) is 2.63. The van der Waals surface area contributed by atoms with E-state index in [0.29, 0.717) is 42.4 Å². The molecule has 0 amide bonds. The van der Waals surface area contributed by atoms with Crippen LogP contribution in [0.3, 0.4) is 0 Å². The van der Waals surface area contributed by atoms with Crippen LogP contribution in [-0.4, -0.2) is 61.0 Å². The third-order valence-corrected chi connectivity index (χ3v) is 5.20. The highest BCUT2D eigenvalue weighted by Crippen LogP contribution is 2.28. The van der Waals surface area contributed by atoms with Gasteiger partial charge in [0, 0.05) is 30.9 Å². The van der Waals surface area contributed by atoms with Crippen molar-refractivity contribution in [2.45, 2.75) is 6.42 Å². The Labute approximate surface area is 151 Å². The fourth-order valence-electron chi connectivity index (χ4n) is 3.43. The largest absolute Gasteiger partial charge is 0.378 e. The second-order valence-corrected chi connectivity index (χ2v) is 6.92. The van der Waals surface area contributed by atoms with Gasteiger partial charge in [0.2, 0.25) is 0 Å². The summed E-state index contributed by atoms with van der Waals surface area (Å²) in [5.41, 5.74) is 2.41. The van der Waals surface area contributed by atoms with E-state index in [1.165, 1.54) is 0 Å². The second-order valence-electron chi connectivity index (χ2n) is 6.52. The van der Waals surface area contributed by atoms with Gasteiger partial charge in [-0.15, -0.1) is 0 Å². The van der Waals surface area contributed by atoms with Crippen LogP contribution in [0.1, 0.15) is 12.0 Å². The number of rotatable bonds is 2. The topological polar surface area (TPSA) is 50.6 Å². The Kier molecular flexibility index (Phi) is 4.50. The van der Waals surface area contributed by atoms with Crippen molar-refractivity contribution in [2.24, 2.45) is 0 Å². The molecule has 0 aliphatic carbocycles. The maximum absolute atomic E-state index is 13.3. The Morgan fingerprint density at radius 3 is 2.76 bits per heavy atom. The number of hydrogen-bond donors (Lipinski definition) is 0. The molecule has 0 saturated carbocycles. The molecule has 0 unspecified atom stereocenters. The van der Waals surface area contributed by atoms with Gasteiger partial charge in [0.25, 0.3) is 5.56 Å². The summed E-state index contributed by atoms with van der Waals surface area (Å²) in [6, 6.07) is 1.77. The van der Waals surface area contributed by atoms with Crippen molar-refractivity contribution in [3.05, 3.63) is 45.5 Å². The van der Waals surface area contributed by atoms with Crippen molar-refractivity contribution in [2.75, 3.05) is 51.4 Å². The number of pyridine rings is 2. The summed E-state index contributed by atoms with van der Waals surface area (Å²) >= 11 is 6.43. The summed E-state index contributed by atoms with van der Waals surface area (Å²) in [4.78, 5) is 20.0. The summed E-state index contributed by atoms with van der Waals surface area (Å²) in [5.74, 6) is 0. The molecule has 25 heavy (non-hydrogen) atoms. The molecule has 0 N–H and O–H groups in total. The molecule has 2 aromatic heterocycles. The number of ether oxygens (including phenoxy) is 1. The Balaban J connectivity index is 1.94. The minimum absolute atomic E-state index is 0.0278. The van der Waals surface area contributed by atoms with E-state index in [-0.39, 0.29) is 5.56 Å². The van der Waals surface area contributed by atoms with Gasteiger partial charge in [-0.3, -0.25) is 9.78 Å². The maximum atomic E-state index is 13.3. The Morgan fingerprint density at radius 2 is 2.04 bits per heavy atom. The molecule has 1 saturated heterocycles. The van der Waals surface area contributed by atoms with Crippen molar-refractivity contribution in [3.63, 3.8) is 0 Å². The molecule has 1 fully saturated rings. The summed E-state index contributed by atoms with van der Waals surface area (Å²) < 4.78 is 7.12. The number of morpholine rings is 1. The smallest absolute Gasteiger partial charge is 0.278 e. The van der Waals surface area contributed by atoms with Crippen molar-refractivity contribution in [1.82, 2.24) is 14.6 Å². The van der Waals surface area contributed by atoms with Crippen molar-refractivity contribution in [3.8, 4) is 0 Å². The van der Waals surface area contributed by atoms with Crippen LogP contribution in [0.5, 0.6) is 0 Å². The first-order valence-electron chi connectivity index (χ1n) is 8.56. The van der Waals surface area contributed by atoms with E-state index in [9.17, 15) is 4.79 Å². The molecule has 132 valence electrons. The molecule has 0 bridgehead atoms. The molecule has 2 aromatic rings. The van der Waals surface area contributed by atoms with Gasteiger partial charge in [0.15, 0.2) is 0 Å². The van der Waals surface area contributed by atoms with Gasteiger partial charge >= 0.3 is 0 Å². The highest BCUT2D eigenvalue weighted by Gasteiger charge is 2.22. The number of fused-ring (bicyclic) bond motifs is 1. The second kappa shape index (κ2) is 6.78. The predicted molar refractivity (Wildman–Crippen MR) is 99.9 cm³/mol. The number of hydrogen-bond acceptors (Lipinski definition) is 5. The normalized spacial score (nSPS) is 19.3. The molecule has 0 atom stereocenters. The molecule has 0 spiro atoms. The van der Waals surface area contributed by atoms with Gasteiger partial charge < -0.3 is 14.6 Å². The average molecular weight is 361 g/mol. The first-order chi connectivity index (χ1) is 12.1. The number of aromatic nitrogens is 2. The first-order valence-corrected chi connectivity index (χ1v) is 8.94. The van der Waals surface area contributed by atoms with Gasteiger partial charge in [0.1, 0.15) is 0 Å². The van der Waals surface area contributed by atoms with E-state index < -0.39 is 0 Å². The summed E-state index contributed by atoms with van der Waals surface area (Å²) in [6.07, 6.45) is 6.45. The number of likely N-dealkylation sites (N-methyl/N-ethyl adjacent to an activating group) is 1. The lowest BCUT2D eigenvalue weighted by Gasteiger charge is -2.31. The third kappa shape index (κ3) is 3.05. The van der Waals surface area contributed by atoms with Crippen LogP contribution in [0.2, 0.25) is 5.02 Å².